The van der Waals surface area contributed by atoms with Gasteiger partial charge in [-0.1, -0.05) is 47.0 Å². The van der Waals surface area contributed by atoms with Gasteiger partial charge in [-0.15, -0.1) is 6.42 Å². The van der Waals surface area contributed by atoms with Gasteiger partial charge in [-0.25, -0.2) is 0 Å². The SMILES string of the molecule is C#C[C@@H]1CNCCN1C(C)CC(C)(C)CCCC(C)(C)C. The standard InChI is InChI=1S/C19H36N2/c1-8-17-15-20-12-13-21(17)16(2)14-19(6,7)11-9-10-18(3,4)5/h1,16-17,20H,9-15H2,2-7H3/t16?,17-/m1/s1. The second-order valence-corrected chi connectivity index (χ2v) is 8.76. The van der Waals surface area contributed by atoms with Crippen LogP contribution >= 0.6 is 0 Å². The van der Waals surface area contributed by atoms with Crippen LogP contribution in [0, 0.1) is 23.2 Å². The highest BCUT2D eigenvalue weighted by atomic mass is 15.2. The summed E-state index contributed by atoms with van der Waals surface area (Å²) in [5.74, 6) is 2.95. The van der Waals surface area contributed by atoms with Gasteiger partial charge in [0.1, 0.15) is 0 Å². The Hall–Kier alpha value is -0.520. The minimum Gasteiger partial charge on any atom is -0.313 e. The summed E-state index contributed by atoms with van der Waals surface area (Å²) < 4.78 is 0. The molecular weight excluding hydrogens is 256 g/mol. The highest BCUT2D eigenvalue weighted by Crippen LogP contribution is 2.33. The highest BCUT2D eigenvalue weighted by Gasteiger charge is 2.29. The van der Waals surface area contributed by atoms with E-state index in [2.05, 4.69) is 57.7 Å². The van der Waals surface area contributed by atoms with Crippen molar-refractivity contribution in [1.82, 2.24) is 10.2 Å². The van der Waals surface area contributed by atoms with Crippen molar-refractivity contribution < 1.29 is 0 Å². The van der Waals surface area contributed by atoms with Gasteiger partial charge in [-0.3, -0.25) is 4.90 Å². The molecule has 0 aromatic rings. The smallest absolute Gasteiger partial charge is 0.0840 e. The van der Waals surface area contributed by atoms with Gasteiger partial charge in [0.25, 0.3) is 0 Å². The number of nitrogens with zero attached hydrogens (tertiary/aromatic N) is 1. The lowest BCUT2D eigenvalue weighted by molar-refractivity contribution is 0.105. The first-order valence-electron chi connectivity index (χ1n) is 8.57. The number of rotatable bonds is 6. The van der Waals surface area contributed by atoms with Crippen molar-refractivity contribution in [3.05, 3.63) is 0 Å². The zero-order chi connectivity index (χ0) is 16.1. The molecule has 2 heteroatoms. The zero-order valence-electron chi connectivity index (χ0n) is 15.1. The lowest BCUT2D eigenvalue weighted by Gasteiger charge is -2.41. The predicted molar refractivity (Wildman–Crippen MR) is 93.4 cm³/mol. The van der Waals surface area contributed by atoms with E-state index in [4.69, 9.17) is 6.42 Å². The van der Waals surface area contributed by atoms with E-state index in [1.165, 1.54) is 25.7 Å². The molecule has 122 valence electrons. The summed E-state index contributed by atoms with van der Waals surface area (Å²) in [7, 11) is 0. The molecule has 1 unspecified atom stereocenters. The molecular formula is C19H36N2. The second-order valence-electron chi connectivity index (χ2n) is 8.76. The lowest BCUT2D eigenvalue weighted by Crippen LogP contribution is -2.54. The van der Waals surface area contributed by atoms with Crippen LogP contribution in [0.15, 0.2) is 0 Å². The summed E-state index contributed by atoms with van der Waals surface area (Å²) >= 11 is 0. The van der Waals surface area contributed by atoms with Crippen LogP contribution in [0.5, 0.6) is 0 Å². The quantitative estimate of drug-likeness (QED) is 0.747. The second kappa shape index (κ2) is 7.65. The minimum absolute atomic E-state index is 0.263. The fourth-order valence-electron chi connectivity index (χ4n) is 3.52. The van der Waals surface area contributed by atoms with Crippen molar-refractivity contribution in [1.29, 1.82) is 0 Å². The van der Waals surface area contributed by atoms with E-state index in [9.17, 15) is 0 Å². The summed E-state index contributed by atoms with van der Waals surface area (Å²) in [6.07, 6.45) is 10.9. The van der Waals surface area contributed by atoms with Crippen LogP contribution in [-0.2, 0) is 0 Å². The summed E-state index contributed by atoms with van der Waals surface area (Å²) in [5.41, 5.74) is 0.851. The Bertz CT molecular complexity index is 346. The minimum atomic E-state index is 0.263. The Morgan fingerprint density at radius 3 is 2.48 bits per heavy atom. The van der Waals surface area contributed by atoms with Crippen LogP contribution in [-0.4, -0.2) is 36.6 Å². The van der Waals surface area contributed by atoms with E-state index in [1.54, 1.807) is 0 Å². The van der Waals surface area contributed by atoms with E-state index >= 15 is 0 Å². The third-order valence-corrected chi connectivity index (χ3v) is 4.67. The first kappa shape index (κ1) is 18.5. The fourth-order valence-corrected chi connectivity index (χ4v) is 3.52. The maximum Gasteiger partial charge on any atom is 0.0840 e. The van der Waals surface area contributed by atoms with Crippen LogP contribution < -0.4 is 5.32 Å². The van der Waals surface area contributed by atoms with Crippen LogP contribution in [0.2, 0.25) is 0 Å². The normalized spacial score (nSPS) is 22.8. The van der Waals surface area contributed by atoms with Crippen LogP contribution in [0.25, 0.3) is 0 Å². The average molecular weight is 293 g/mol. The molecule has 0 bridgehead atoms. The molecule has 1 aliphatic heterocycles. The molecule has 0 aromatic carbocycles. The molecule has 1 rings (SSSR count). The Morgan fingerprint density at radius 1 is 1.24 bits per heavy atom. The van der Waals surface area contributed by atoms with Gasteiger partial charge in [-0.05, 0) is 37.0 Å². The lowest BCUT2D eigenvalue weighted by atomic mass is 9.78. The van der Waals surface area contributed by atoms with E-state index in [0.29, 0.717) is 16.9 Å². The molecule has 2 nitrogen and oxygen atoms in total. The third kappa shape index (κ3) is 6.85. The van der Waals surface area contributed by atoms with E-state index in [-0.39, 0.29) is 6.04 Å². The number of terminal acetylenes is 1. The number of piperazine rings is 1. The van der Waals surface area contributed by atoms with Gasteiger partial charge < -0.3 is 5.32 Å². The molecule has 1 N–H and O–H groups in total. The van der Waals surface area contributed by atoms with Crippen molar-refractivity contribution in [3.8, 4) is 12.3 Å². The number of nitrogens with one attached hydrogen (secondary N) is 1. The van der Waals surface area contributed by atoms with Crippen molar-refractivity contribution in [2.24, 2.45) is 10.8 Å². The maximum absolute atomic E-state index is 5.69. The van der Waals surface area contributed by atoms with Gasteiger partial charge >= 0.3 is 0 Å². The van der Waals surface area contributed by atoms with Gasteiger partial charge in [0.2, 0.25) is 0 Å². The summed E-state index contributed by atoms with van der Waals surface area (Å²) in [4.78, 5) is 2.52. The summed E-state index contributed by atoms with van der Waals surface area (Å²) in [6.45, 7) is 17.3. The summed E-state index contributed by atoms with van der Waals surface area (Å²) in [6, 6.07) is 0.830. The van der Waals surface area contributed by atoms with Crippen molar-refractivity contribution >= 4 is 0 Å². The zero-order valence-corrected chi connectivity index (χ0v) is 15.1. The van der Waals surface area contributed by atoms with E-state index in [1.807, 2.05) is 0 Å². The molecule has 0 aromatic heterocycles. The molecule has 0 amide bonds. The van der Waals surface area contributed by atoms with Gasteiger partial charge in [-0.2, -0.15) is 0 Å². The molecule has 2 atom stereocenters. The monoisotopic (exact) mass is 292 g/mol. The Labute approximate surface area is 133 Å². The van der Waals surface area contributed by atoms with E-state index < -0.39 is 0 Å². The maximum atomic E-state index is 5.69. The molecule has 0 spiro atoms. The van der Waals surface area contributed by atoms with E-state index in [0.717, 1.165) is 19.6 Å². The number of hydrogen-bond acceptors (Lipinski definition) is 2. The van der Waals surface area contributed by atoms with Crippen LogP contribution in [0.4, 0.5) is 0 Å². The Kier molecular flexibility index (Phi) is 6.75. The van der Waals surface area contributed by atoms with Crippen molar-refractivity contribution in [3.63, 3.8) is 0 Å². The Balaban J connectivity index is 2.47. The van der Waals surface area contributed by atoms with Gasteiger partial charge in [0, 0.05) is 25.7 Å². The third-order valence-electron chi connectivity index (χ3n) is 4.67. The highest BCUT2D eigenvalue weighted by molar-refractivity contribution is 5.04. The molecule has 1 fully saturated rings. The Morgan fingerprint density at radius 2 is 1.90 bits per heavy atom. The first-order valence-corrected chi connectivity index (χ1v) is 8.57. The van der Waals surface area contributed by atoms with Crippen molar-refractivity contribution in [2.75, 3.05) is 19.6 Å². The summed E-state index contributed by atoms with van der Waals surface area (Å²) in [5, 5.41) is 3.40. The molecule has 1 heterocycles. The molecule has 0 aliphatic carbocycles. The van der Waals surface area contributed by atoms with Crippen LogP contribution in [0.1, 0.15) is 67.2 Å². The molecule has 0 radical (unpaired) electrons. The predicted octanol–water partition coefficient (Wildman–Crippen LogP) is 3.91. The molecule has 1 saturated heterocycles. The van der Waals surface area contributed by atoms with Crippen LogP contribution in [0.3, 0.4) is 0 Å². The first-order chi connectivity index (χ1) is 9.64. The van der Waals surface area contributed by atoms with Gasteiger partial charge in [0.15, 0.2) is 0 Å². The van der Waals surface area contributed by atoms with Gasteiger partial charge in [0.05, 0.1) is 6.04 Å². The molecule has 0 saturated carbocycles. The topological polar surface area (TPSA) is 15.3 Å². The largest absolute Gasteiger partial charge is 0.313 e. The van der Waals surface area contributed by atoms with Crippen molar-refractivity contribution in [2.45, 2.75) is 79.3 Å². The fraction of sp³-hybridized carbons (Fsp3) is 0.895. The average Bonchev–Trinajstić information content (AvgIpc) is 2.36. The number of hydrogen-bond donors (Lipinski definition) is 1. The molecule has 21 heavy (non-hydrogen) atoms. The molecule has 1 aliphatic rings.